The molecule has 1 rings (SSSR count). The van der Waals surface area contributed by atoms with Crippen molar-refractivity contribution in [3.8, 4) is 0 Å². The molecule has 0 saturated heterocycles. The Bertz CT molecular complexity index is 505. The van der Waals surface area contributed by atoms with Gasteiger partial charge in [-0.2, -0.15) is 12.7 Å². The number of hydrogen-bond acceptors (Lipinski definition) is 3. The smallest absolute Gasteiger partial charge is 0.279 e. The zero-order valence-electron chi connectivity index (χ0n) is 12.6. The van der Waals surface area contributed by atoms with E-state index in [-0.39, 0.29) is 0 Å². The van der Waals surface area contributed by atoms with Gasteiger partial charge in [0.15, 0.2) is 0 Å². The molecule has 0 aliphatic heterocycles. The Labute approximate surface area is 132 Å². The topological polar surface area (TPSA) is 61.4 Å². The quantitative estimate of drug-likeness (QED) is 0.640. The molecule has 0 unspecified atom stereocenters. The van der Waals surface area contributed by atoms with E-state index in [9.17, 15) is 8.42 Å². The Kier molecular flexibility index (Phi) is 8.21. The van der Waals surface area contributed by atoms with Crippen molar-refractivity contribution < 1.29 is 8.42 Å². The lowest BCUT2D eigenvalue weighted by atomic mass is 10.2. The molecule has 1 aromatic rings. The highest BCUT2D eigenvalue weighted by Gasteiger charge is 2.15. The number of benzene rings is 1. The van der Waals surface area contributed by atoms with Gasteiger partial charge in [-0.1, -0.05) is 30.7 Å². The zero-order valence-corrected chi connectivity index (χ0v) is 14.2. The average Bonchev–Trinajstić information content (AvgIpc) is 2.45. The van der Waals surface area contributed by atoms with E-state index < -0.39 is 10.2 Å². The predicted molar refractivity (Wildman–Crippen MR) is 87.9 cm³/mol. The van der Waals surface area contributed by atoms with E-state index in [1.54, 1.807) is 19.2 Å². The molecule has 0 atom stereocenters. The van der Waals surface area contributed by atoms with Crippen LogP contribution in [0.1, 0.15) is 18.9 Å². The van der Waals surface area contributed by atoms with Crippen LogP contribution in [0.2, 0.25) is 5.02 Å². The summed E-state index contributed by atoms with van der Waals surface area (Å²) in [6.45, 7) is 4.63. The normalized spacial score (nSPS) is 12.0. The summed E-state index contributed by atoms with van der Waals surface area (Å²) in [7, 11) is -1.80. The highest BCUT2D eigenvalue weighted by atomic mass is 35.5. The minimum Gasteiger partial charge on any atom is -0.317 e. The maximum absolute atomic E-state index is 12.0. The molecule has 0 aliphatic carbocycles. The summed E-state index contributed by atoms with van der Waals surface area (Å²) >= 11 is 5.81. The van der Waals surface area contributed by atoms with E-state index >= 15 is 0 Å². The van der Waals surface area contributed by atoms with E-state index in [0.29, 0.717) is 24.5 Å². The third-order valence-electron chi connectivity index (χ3n) is 3.10. The number of rotatable bonds is 10. The molecule has 120 valence electrons. The van der Waals surface area contributed by atoms with Gasteiger partial charge in [-0.15, -0.1) is 0 Å². The second-order valence-corrected chi connectivity index (χ2v) is 7.10. The molecule has 21 heavy (non-hydrogen) atoms. The highest BCUT2D eigenvalue weighted by Crippen LogP contribution is 2.09. The molecular weight excluding hydrogens is 310 g/mol. The van der Waals surface area contributed by atoms with Gasteiger partial charge >= 0.3 is 0 Å². The molecule has 0 saturated carbocycles. The van der Waals surface area contributed by atoms with Gasteiger partial charge in [-0.05, 0) is 43.6 Å². The summed E-state index contributed by atoms with van der Waals surface area (Å²) in [6, 6.07) is 7.41. The van der Waals surface area contributed by atoms with Crippen LogP contribution in [-0.2, 0) is 16.6 Å². The standard InChI is InChI=1S/C14H24ClN3O2S/c1-3-16-10-4-12-18(2)21(19,20)17-11-9-13-5-7-14(15)8-6-13/h5-8,16-17H,3-4,9-12H2,1-2H3. The lowest BCUT2D eigenvalue weighted by molar-refractivity contribution is 0.446. The lowest BCUT2D eigenvalue weighted by Crippen LogP contribution is -2.40. The molecule has 7 heteroatoms. The molecule has 0 spiro atoms. The Balaban J connectivity index is 2.33. The Hall–Kier alpha value is -0.660. The average molecular weight is 334 g/mol. The number of nitrogens with one attached hydrogen (secondary N) is 2. The van der Waals surface area contributed by atoms with Gasteiger partial charge in [0, 0.05) is 25.2 Å². The Morgan fingerprint density at radius 3 is 2.48 bits per heavy atom. The van der Waals surface area contributed by atoms with E-state index in [0.717, 1.165) is 25.1 Å². The fourth-order valence-corrected chi connectivity index (χ4v) is 2.89. The first-order chi connectivity index (χ1) is 9.95. The minimum atomic E-state index is -3.40. The predicted octanol–water partition coefficient (Wildman–Crippen LogP) is 1.65. The molecule has 0 bridgehead atoms. The van der Waals surface area contributed by atoms with Gasteiger partial charge in [0.1, 0.15) is 0 Å². The first-order valence-corrected chi connectivity index (χ1v) is 8.93. The molecule has 1 aromatic carbocycles. The Morgan fingerprint density at radius 2 is 1.86 bits per heavy atom. The van der Waals surface area contributed by atoms with Crippen molar-refractivity contribution in [2.75, 3.05) is 33.2 Å². The summed E-state index contributed by atoms with van der Waals surface area (Å²) in [5, 5.41) is 3.85. The van der Waals surface area contributed by atoms with Crippen molar-refractivity contribution in [3.63, 3.8) is 0 Å². The third-order valence-corrected chi connectivity index (χ3v) is 4.92. The van der Waals surface area contributed by atoms with Crippen molar-refractivity contribution >= 4 is 21.8 Å². The van der Waals surface area contributed by atoms with Crippen molar-refractivity contribution in [2.45, 2.75) is 19.8 Å². The van der Waals surface area contributed by atoms with Gasteiger partial charge in [-0.3, -0.25) is 0 Å². The van der Waals surface area contributed by atoms with Crippen molar-refractivity contribution in [3.05, 3.63) is 34.9 Å². The van der Waals surface area contributed by atoms with Gasteiger partial charge in [0.2, 0.25) is 0 Å². The van der Waals surface area contributed by atoms with Gasteiger partial charge in [0.05, 0.1) is 0 Å². The van der Waals surface area contributed by atoms with Crippen LogP contribution in [0.5, 0.6) is 0 Å². The maximum Gasteiger partial charge on any atom is 0.279 e. The fraction of sp³-hybridized carbons (Fsp3) is 0.571. The minimum absolute atomic E-state index is 0.377. The molecule has 0 fully saturated rings. The SMILES string of the molecule is CCNCCCN(C)S(=O)(=O)NCCc1ccc(Cl)cc1. The first kappa shape index (κ1) is 18.4. The van der Waals surface area contributed by atoms with Crippen molar-refractivity contribution in [1.29, 1.82) is 0 Å². The van der Waals surface area contributed by atoms with E-state index in [1.165, 1.54) is 4.31 Å². The van der Waals surface area contributed by atoms with Crippen LogP contribution < -0.4 is 10.0 Å². The Morgan fingerprint density at radius 1 is 1.19 bits per heavy atom. The second-order valence-electron chi connectivity index (χ2n) is 4.80. The second kappa shape index (κ2) is 9.38. The monoisotopic (exact) mass is 333 g/mol. The van der Waals surface area contributed by atoms with Gasteiger partial charge in [-0.25, -0.2) is 4.72 Å². The zero-order chi connectivity index (χ0) is 15.7. The largest absolute Gasteiger partial charge is 0.317 e. The maximum atomic E-state index is 12.0. The molecule has 0 aliphatic rings. The van der Waals surface area contributed by atoms with Crippen LogP contribution in [0.25, 0.3) is 0 Å². The summed E-state index contributed by atoms with van der Waals surface area (Å²) in [5.74, 6) is 0. The van der Waals surface area contributed by atoms with Crippen LogP contribution in [0.15, 0.2) is 24.3 Å². The molecule has 0 radical (unpaired) electrons. The van der Waals surface area contributed by atoms with Gasteiger partial charge in [0.25, 0.3) is 10.2 Å². The van der Waals surface area contributed by atoms with Crippen LogP contribution >= 0.6 is 11.6 Å². The molecule has 0 aromatic heterocycles. The van der Waals surface area contributed by atoms with Crippen LogP contribution in [0.4, 0.5) is 0 Å². The first-order valence-electron chi connectivity index (χ1n) is 7.12. The van der Waals surface area contributed by atoms with E-state index in [4.69, 9.17) is 11.6 Å². The molecule has 5 nitrogen and oxygen atoms in total. The highest BCUT2D eigenvalue weighted by molar-refractivity contribution is 7.87. The molecular formula is C14H24ClN3O2S. The molecule has 2 N–H and O–H groups in total. The van der Waals surface area contributed by atoms with Crippen molar-refractivity contribution in [2.24, 2.45) is 0 Å². The number of nitrogens with zero attached hydrogens (tertiary/aromatic N) is 1. The fourth-order valence-electron chi connectivity index (χ4n) is 1.81. The van der Waals surface area contributed by atoms with Crippen LogP contribution in [0, 0.1) is 0 Å². The summed E-state index contributed by atoms with van der Waals surface area (Å²) in [6.07, 6.45) is 1.43. The van der Waals surface area contributed by atoms with E-state index in [2.05, 4.69) is 10.0 Å². The van der Waals surface area contributed by atoms with Crippen LogP contribution in [-0.4, -0.2) is 45.9 Å². The summed E-state index contributed by atoms with van der Waals surface area (Å²) in [5.41, 5.74) is 1.05. The van der Waals surface area contributed by atoms with Gasteiger partial charge < -0.3 is 5.32 Å². The molecule has 0 heterocycles. The number of hydrogen-bond donors (Lipinski definition) is 2. The van der Waals surface area contributed by atoms with Crippen molar-refractivity contribution in [1.82, 2.24) is 14.3 Å². The van der Waals surface area contributed by atoms with E-state index in [1.807, 2.05) is 19.1 Å². The summed E-state index contributed by atoms with van der Waals surface area (Å²) < 4.78 is 28.0. The number of halogens is 1. The molecule has 0 amide bonds. The lowest BCUT2D eigenvalue weighted by Gasteiger charge is -2.17. The van der Waals surface area contributed by atoms with Crippen LogP contribution in [0.3, 0.4) is 0 Å². The summed E-state index contributed by atoms with van der Waals surface area (Å²) in [4.78, 5) is 0. The third kappa shape index (κ3) is 7.24.